The fraction of sp³-hybridized carbons (Fsp3) is 0.579. The first kappa shape index (κ1) is 27.6. The quantitative estimate of drug-likeness (QED) is 0.253. The van der Waals surface area contributed by atoms with E-state index in [-0.39, 0.29) is 55.3 Å². The second-order valence-electron chi connectivity index (χ2n) is 6.28. The number of aliphatic imine (C=N–C) groups is 1. The minimum absolute atomic E-state index is 0. The van der Waals surface area contributed by atoms with Crippen LogP contribution in [0, 0.1) is 0 Å². The van der Waals surface area contributed by atoms with Gasteiger partial charge in [-0.2, -0.15) is 0 Å². The van der Waals surface area contributed by atoms with E-state index in [2.05, 4.69) is 15.0 Å². The third kappa shape index (κ3) is 10.8. The number of likely N-dealkylation sites (N-methyl/N-ethyl adjacent to an activating group) is 2. The molecule has 0 aliphatic carbocycles. The highest BCUT2D eigenvalue weighted by Crippen LogP contribution is 1.99. The molecule has 0 heterocycles. The monoisotopic (exact) mass is 539 g/mol. The van der Waals surface area contributed by atoms with E-state index in [1.807, 2.05) is 51.1 Å². The van der Waals surface area contributed by atoms with Crippen LogP contribution in [0.2, 0.25) is 0 Å². The Kier molecular flexibility index (Phi) is 13.9. The topological polar surface area (TPSA) is 94.1 Å². The Morgan fingerprint density at radius 1 is 1.10 bits per heavy atom. The number of carbonyl (C=O) groups excluding carboxylic acids is 1. The molecule has 0 atom stereocenters. The molecule has 0 saturated heterocycles. The second kappa shape index (κ2) is 14.6. The van der Waals surface area contributed by atoms with Crippen molar-refractivity contribution in [2.45, 2.75) is 27.3 Å². The summed E-state index contributed by atoms with van der Waals surface area (Å²) >= 11 is 0. The van der Waals surface area contributed by atoms with Crippen molar-refractivity contribution in [1.82, 2.24) is 19.8 Å². The van der Waals surface area contributed by atoms with Gasteiger partial charge in [0, 0.05) is 33.2 Å². The second-order valence-corrected chi connectivity index (χ2v) is 8.21. The predicted octanol–water partition coefficient (Wildman–Crippen LogP) is 1.49. The zero-order chi connectivity index (χ0) is 21.0. The minimum Gasteiger partial charge on any atom is -0.357 e. The molecule has 0 aliphatic rings. The van der Waals surface area contributed by atoms with Crippen molar-refractivity contribution >= 4 is 45.9 Å². The average Bonchev–Trinajstić information content (AvgIpc) is 2.67. The van der Waals surface area contributed by atoms with Crippen molar-refractivity contribution < 1.29 is 13.2 Å². The van der Waals surface area contributed by atoms with Gasteiger partial charge in [-0.3, -0.25) is 9.79 Å². The molecule has 10 heteroatoms. The van der Waals surface area contributed by atoms with E-state index in [4.69, 9.17) is 0 Å². The van der Waals surface area contributed by atoms with Gasteiger partial charge in [0.25, 0.3) is 0 Å². The number of nitrogens with one attached hydrogen (secondary N) is 2. The highest BCUT2D eigenvalue weighted by atomic mass is 127. The van der Waals surface area contributed by atoms with Crippen LogP contribution in [0.5, 0.6) is 0 Å². The summed E-state index contributed by atoms with van der Waals surface area (Å²) in [5.74, 6) is 0.406. The largest absolute Gasteiger partial charge is 0.357 e. The number of benzene rings is 1. The van der Waals surface area contributed by atoms with Crippen molar-refractivity contribution in [3.05, 3.63) is 35.9 Å². The summed E-state index contributed by atoms with van der Waals surface area (Å²) in [5, 5.41) is 3.10. The van der Waals surface area contributed by atoms with E-state index in [1.165, 1.54) is 0 Å². The van der Waals surface area contributed by atoms with Crippen LogP contribution in [0.1, 0.15) is 26.3 Å². The van der Waals surface area contributed by atoms with E-state index in [9.17, 15) is 13.2 Å². The number of carbonyl (C=O) groups is 1. The van der Waals surface area contributed by atoms with E-state index < -0.39 is 10.0 Å². The standard InChI is InChI=1S/C19H33N5O3S.HI/c1-5-20-19(23(4)16-18(25)24(6-2)7-3)21-13-14-28(26,27)22-15-17-11-9-8-10-12-17;/h8-12,22H,5-7,13-16H2,1-4H3,(H,20,21);1H. The minimum atomic E-state index is -3.44. The van der Waals surface area contributed by atoms with Crippen LogP contribution in [0.4, 0.5) is 0 Å². The number of amides is 1. The predicted molar refractivity (Wildman–Crippen MR) is 129 cm³/mol. The van der Waals surface area contributed by atoms with E-state index in [0.29, 0.717) is 25.6 Å². The van der Waals surface area contributed by atoms with Crippen molar-refractivity contribution in [3.63, 3.8) is 0 Å². The van der Waals surface area contributed by atoms with Crippen LogP contribution in [0.3, 0.4) is 0 Å². The molecule has 1 rings (SSSR count). The lowest BCUT2D eigenvalue weighted by molar-refractivity contribution is -0.131. The Bertz CT molecular complexity index is 725. The molecule has 0 bridgehead atoms. The molecule has 1 aromatic rings. The highest BCUT2D eigenvalue weighted by molar-refractivity contribution is 14.0. The molecule has 2 N–H and O–H groups in total. The summed E-state index contributed by atoms with van der Waals surface area (Å²) in [6.07, 6.45) is 0. The Labute approximate surface area is 192 Å². The fourth-order valence-corrected chi connectivity index (χ4v) is 3.42. The molecule has 0 aliphatic heterocycles. The number of rotatable bonds is 11. The maximum atomic E-state index is 12.3. The van der Waals surface area contributed by atoms with Gasteiger partial charge in [0.2, 0.25) is 15.9 Å². The third-order valence-corrected chi connectivity index (χ3v) is 5.45. The molecule has 29 heavy (non-hydrogen) atoms. The SMILES string of the molecule is CCNC(=NCCS(=O)(=O)NCc1ccccc1)N(C)CC(=O)N(CC)CC.I. The van der Waals surface area contributed by atoms with Gasteiger partial charge >= 0.3 is 0 Å². The highest BCUT2D eigenvalue weighted by Gasteiger charge is 2.15. The number of halogens is 1. The number of hydrogen-bond donors (Lipinski definition) is 2. The van der Waals surface area contributed by atoms with Crippen molar-refractivity contribution in [2.24, 2.45) is 4.99 Å². The van der Waals surface area contributed by atoms with Crippen LogP contribution >= 0.6 is 24.0 Å². The van der Waals surface area contributed by atoms with Gasteiger partial charge in [0.05, 0.1) is 18.8 Å². The van der Waals surface area contributed by atoms with E-state index >= 15 is 0 Å². The van der Waals surface area contributed by atoms with Crippen molar-refractivity contribution in [2.75, 3.05) is 45.5 Å². The summed E-state index contributed by atoms with van der Waals surface area (Å²) in [6.45, 7) is 8.29. The van der Waals surface area contributed by atoms with Crippen molar-refractivity contribution in [1.29, 1.82) is 0 Å². The third-order valence-electron chi connectivity index (χ3n) is 4.15. The maximum Gasteiger partial charge on any atom is 0.242 e. The lowest BCUT2D eigenvalue weighted by Crippen LogP contribution is -2.45. The van der Waals surface area contributed by atoms with Crippen LogP contribution in [0.15, 0.2) is 35.3 Å². The molecule has 1 aromatic carbocycles. The lowest BCUT2D eigenvalue weighted by atomic mass is 10.2. The van der Waals surface area contributed by atoms with E-state index in [1.54, 1.807) is 16.8 Å². The number of hydrogen-bond acceptors (Lipinski definition) is 4. The summed E-state index contributed by atoms with van der Waals surface area (Å²) < 4.78 is 26.9. The Morgan fingerprint density at radius 2 is 1.72 bits per heavy atom. The Balaban J connectivity index is 0.00000784. The first-order valence-electron chi connectivity index (χ1n) is 9.61. The maximum absolute atomic E-state index is 12.3. The molecule has 0 saturated carbocycles. The summed E-state index contributed by atoms with van der Waals surface area (Å²) in [5.41, 5.74) is 0.901. The van der Waals surface area contributed by atoms with Crippen LogP contribution < -0.4 is 10.0 Å². The van der Waals surface area contributed by atoms with Crippen LogP contribution in [-0.2, 0) is 21.4 Å². The summed E-state index contributed by atoms with van der Waals surface area (Å²) in [4.78, 5) is 20.1. The molecule has 0 radical (unpaired) electrons. The van der Waals surface area contributed by atoms with Crippen LogP contribution in [0.25, 0.3) is 0 Å². The van der Waals surface area contributed by atoms with Gasteiger partial charge in [-0.15, -0.1) is 24.0 Å². The average molecular weight is 539 g/mol. The smallest absolute Gasteiger partial charge is 0.242 e. The van der Waals surface area contributed by atoms with Gasteiger partial charge < -0.3 is 15.1 Å². The van der Waals surface area contributed by atoms with Gasteiger partial charge in [-0.05, 0) is 26.3 Å². The summed E-state index contributed by atoms with van der Waals surface area (Å²) in [6, 6.07) is 9.35. The summed E-state index contributed by atoms with van der Waals surface area (Å²) in [7, 11) is -1.67. The Hall–Kier alpha value is -1.40. The zero-order valence-corrected chi connectivity index (χ0v) is 20.9. The molecule has 0 fully saturated rings. The van der Waals surface area contributed by atoms with Gasteiger partial charge in [0.1, 0.15) is 0 Å². The van der Waals surface area contributed by atoms with Gasteiger partial charge in [-0.1, -0.05) is 30.3 Å². The normalized spacial score (nSPS) is 11.5. The molecular weight excluding hydrogens is 505 g/mol. The van der Waals surface area contributed by atoms with Gasteiger partial charge in [0.15, 0.2) is 5.96 Å². The zero-order valence-electron chi connectivity index (χ0n) is 17.7. The van der Waals surface area contributed by atoms with Crippen LogP contribution in [-0.4, -0.2) is 75.6 Å². The van der Waals surface area contributed by atoms with E-state index in [0.717, 1.165) is 5.56 Å². The molecule has 0 unspecified atom stereocenters. The molecule has 0 aromatic heterocycles. The number of guanidine groups is 1. The lowest BCUT2D eigenvalue weighted by Gasteiger charge is -2.25. The molecule has 1 amide bonds. The number of nitrogens with zero attached hydrogens (tertiary/aromatic N) is 3. The first-order chi connectivity index (χ1) is 13.3. The molecule has 0 spiro atoms. The van der Waals surface area contributed by atoms with Gasteiger partial charge in [-0.25, -0.2) is 13.1 Å². The molecule has 8 nitrogen and oxygen atoms in total. The number of sulfonamides is 1. The molecule has 166 valence electrons. The molecular formula is C19H34IN5O3S. The fourth-order valence-electron chi connectivity index (χ4n) is 2.56. The Morgan fingerprint density at radius 3 is 2.28 bits per heavy atom. The van der Waals surface area contributed by atoms with Crippen molar-refractivity contribution in [3.8, 4) is 0 Å². The first-order valence-corrected chi connectivity index (χ1v) is 11.3.